The molecule has 0 saturated heterocycles. The molecule has 3 rings (SSSR count). The van der Waals surface area contributed by atoms with Gasteiger partial charge >= 0.3 is 0 Å². The molecule has 0 bridgehead atoms. The third kappa shape index (κ3) is 4.35. The first-order chi connectivity index (χ1) is 12.1. The van der Waals surface area contributed by atoms with Crippen molar-refractivity contribution in [1.82, 2.24) is 15.5 Å². The summed E-state index contributed by atoms with van der Waals surface area (Å²) in [6.07, 6.45) is 0. The van der Waals surface area contributed by atoms with Gasteiger partial charge in [-0.2, -0.15) is 0 Å². The number of benzene rings is 2. The number of carbonyl (C=O) groups excluding carboxylic acids is 1. The minimum absolute atomic E-state index is 0.0666. The summed E-state index contributed by atoms with van der Waals surface area (Å²) in [5, 5.41) is 13.1. The monoisotopic (exact) mass is 340 g/mol. The molecule has 0 unspecified atom stereocenters. The molecular weight excluding hydrogens is 326 g/mol. The van der Waals surface area contributed by atoms with Crippen LogP contribution in [0.15, 0.2) is 60.7 Å². The van der Waals surface area contributed by atoms with Gasteiger partial charge in [-0.05, 0) is 29.8 Å². The first-order valence-electron chi connectivity index (χ1n) is 7.50. The normalized spacial score (nSPS) is 10.3. The molecule has 1 aromatic heterocycles. The molecule has 1 amide bonds. The van der Waals surface area contributed by atoms with Crippen LogP contribution in [0.2, 0.25) is 0 Å². The summed E-state index contributed by atoms with van der Waals surface area (Å²) < 4.78 is 26.5. The van der Waals surface area contributed by atoms with Gasteiger partial charge in [0.25, 0.3) is 5.91 Å². The Hall–Kier alpha value is -3.35. The molecule has 2 N–H and O–H groups in total. The van der Waals surface area contributed by atoms with Gasteiger partial charge in [-0.15, -0.1) is 10.2 Å². The predicted octanol–water partition coefficient (Wildman–Crippen LogP) is 3.43. The standard InChI is InChI=1S/C18H14F2N4O/c19-13-6-7-15(14(20)10-13)22-17-9-8-16(23-24-17)18(25)21-11-12-4-2-1-3-5-12/h1-10H,11H2,(H,21,25)(H,22,24). The first kappa shape index (κ1) is 16.5. The average molecular weight is 340 g/mol. The second-order valence-corrected chi connectivity index (χ2v) is 5.22. The number of carbonyl (C=O) groups is 1. The third-order valence-electron chi connectivity index (χ3n) is 3.39. The smallest absolute Gasteiger partial charge is 0.272 e. The Bertz CT molecular complexity index is 870. The summed E-state index contributed by atoms with van der Waals surface area (Å²) in [6, 6.07) is 15.6. The van der Waals surface area contributed by atoms with Crippen molar-refractivity contribution in [2.24, 2.45) is 0 Å². The fourth-order valence-electron chi connectivity index (χ4n) is 2.12. The Kier molecular flexibility index (Phi) is 4.94. The third-order valence-corrected chi connectivity index (χ3v) is 3.39. The fourth-order valence-corrected chi connectivity index (χ4v) is 2.12. The molecule has 0 fully saturated rings. The Balaban J connectivity index is 1.62. The number of halogens is 2. The minimum Gasteiger partial charge on any atom is -0.347 e. The zero-order chi connectivity index (χ0) is 17.6. The van der Waals surface area contributed by atoms with Crippen LogP contribution in [0.4, 0.5) is 20.3 Å². The molecule has 0 saturated carbocycles. The van der Waals surface area contributed by atoms with Crippen molar-refractivity contribution in [3.63, 3.8) is 0 Å². The van der Waals surface area contributed by atoms with E-state index in [2.05, 4.69) is 20.8 Å². The lowest BCUT2D eigenvalue weighted by Gasteiger charge is -2.07. The number of nitrogens with one attached hydrogen (secondary N) is 2. The van der Waals surface area contributed by atoms with Crippen molar-refractivity contribution in [3.05, 3.63) is 83.6 Å². The average Bonchev–Trinajstić information content (AvgIpc) is 2.63. The number of amides is 1. The maximum Gasteiger partial charge on any atom is 0.272 e. The first-order valence-corrected chi connectivity index (χ1v) is 7.50. The maximum atomic E-state index is 13.6. The van der Waals surface area contributed by atoms with E-state index in [1.165, 1.54) is 18.2 Å². The zero-order valence-electron chi connectivity index (χ0n) is 13.0. The highest BCUT2D eigenvalue weighted by atomic mass is 19.1. The SMILES string of the molecule is O=C(NCc1ccccc1)c1ccc(Nc2ccc(F)cc2F)nn1. The molecule has 0 radical (unpaired) electrons. The van der Waals surface area contributed by atoms with E-state index in [-0.39, 0.29) is 23.1 Å². The molecule has 0 aliphatic carbocycles. The summed E-state index contributed by atoms with van der Waals surface area (Å²) in [6.45, 7) is 0.377. The van der Waals surface area contributed by atoms with Crippen LogP contribution in [-0.2, 0) is 6.54 Å². The van der Waals surface area contributed by atoms with Gasteiger partial charge < -0.3 is 10.6 Å². The van der Waals surface area contributed by atoms with Crippen LogP contribution in [-0.4, -0.2) is 16.1 Å². The van der Waals surface area contributed by atoms with E-state index in [0.717, 1.165) is 17.7 Å². The summed E-state index contributed by atoms with van der Waals surface area (Å²) in [5.74, 6) is -1.54. The Morgan fingerprint density at radius 1 is 0.960 bits per heavy atom. The van der Waals surface area contributed by atoms with Crippen molar-refractivity contribution >= 4 is 17.4 Å². The Morgan fingerprint density at radius 3 is 2.44 bits per heavy atom. The van der Waals surface area contributed by atoms with Crippen LogP contribution in [0.25, 0.3) is 0 Å². The molecule has 0 aliphatic rings. The predicted molar refractivity (Wildman–Crippen MR) is 89.3 cm³/mol. The van der Waals surface area contributed by atoms with E-state index < -0.39 is 11.6 Å². The summed E-state index contributed by atoms with van der Waals surface area (Å²) >= 11 is 0. The lowest BCUT2D eigenvalue weighted by molar-refractivity contribution is 0.0945. The minimum atomic E-state index is -0.744. The highest BCUT2D eigenvalue weighted by Gasteiger charge is 2.09. The van der Waals surface area contributed by atoms with Gasteiger partial charge in [-0.25, -0.2) is 8.78 Å². The largest absolute Gasteiger partial charge is 0.347 e. The molecule has 126 valence electrons. The van der Waals surface area contributed by atoms with Crippen molar-refractivity contribution in [1.29, 1.82) is 0 Å². The number of nitrogens with zero attached hydrogens (tertiary/aromatic N) is 2. The Labute approximate surface area is 142 Å². The van der Waals surface area contributed by atoms with Gasteiger partial charge in [0.15, 0.2) is 11.5 Å². The van der Waals surface area contributed by atoms with Crippen LogP contribution in [0.5, 0.6) is 0 Å². The fraction of sp³-hybridized carbons (Fsp3) is 0.0556. The molecular formula is C18H14F2N4O. The number of hydrogen-bond acceptors (Lipinski definition) is 4. The van der Waals surface area contributed by atoms with Crippen molar-refractivity contribution in [3.8, 4) is 0 Å². The van der Waals surface area contributed by atoms with Gasteiger partial charge in [0, 0.05) is 12.6 Å². The van der Waals surface area contributed by atoms with Gasteiger partial charge in [0.05, 0.1) is 5.69 Å². The van der Waals surface area contributed by atoms with Crippen LogP contribution in [0.3, 0.4) is 0 Å². The summed E-state index contributed by atoms with van der Waals surface area (Å²) in [5.41, 5.74) is 1.17. The van der Waals surface area contributed by atoms with E-state index in [1.54, 1.807) is 0 Å². The molecule has 2 aromatic carbocycles. The molecule has 0 aliphatic heterocycles. The quantitative estimate of drug-likeness (QED) is 0.747. The van der Waals surface area contributed by atoms with Gasteiger partial charge in [0.2, 0.25) is 0 Å². The summed E-state index contributed by atoms with van der Waals surface area (Å²) in [7, 11) is 0. The highest BCUT2D eigenvalue weighted by Crippen LogP contribution is 2.18. The Morgan fingerprint density at radius 2 is 1.76 bits per heavy atom. The van der Waals surface area contributed by atoms with Crippen molar-refractivity contribution in [2.45, 2.75) is 6.54 Å². The molecule has 1 heterocycles. The van der Waals surface area contributed by atoms with Crippen LogP contribution in [0, 0.1) is 11.6 Å². The molecule has 7 heteroatoms. The number of rotatable bonds is 5. The lowest BCUT2D eigenvalue weighted by Crippen LogP contribution is -2.24. The second-order valence-electron chi connectivity index (χ2n) is 5.22. The topological polar surface area (TPSA) is 66.9 Å². The van der Waals surface area contributed by atoms with E-state index >= 15 is 0 Å². The zero-order valence-corrected chi connectivity index (χ0v) is 13.0. The van der Waals surface area contributed by atoms with Gasteiger partial charge in [-0.1, -0.05) is 30.3 Å². The van der Waals surface area contributed by atoms with Crippen LogP contribution >= 0.6 is 0 Å². The van der Waals surface area contributed by atoms with Crippen molar-refractivity contribution < 1.29 is 13.6 Å². The van der Waals surface area contributed by atoms with E-state index in [9.17, 15) is 13.6 Å². The maximum absolute atomic E-state index is 13.6. The van der Waals surface area contributed by atoms with Gasteiger partial charge in [-0.3, -0.25) is 4.79 Å². The van der Waals surface area contributed by atoms with Crippen LogP contribution in [0.1, 0.15) is 16.1 Å². The van der Waals surface area contributed by atoms with E-state index in [0.29, 0.717) is 6.54 Å². The molecule has 0 atom stereocenters. The molecule has 3 aromatic rings. The van der Waals surface area contributed by atoms with E-state index in [1.807, 2.05) is 30.3 Å². The number of hydrogen-bond donors (Lipinski definition) is 2. The van der Waals surface area contributed by atoms with Gasteiger partial charge in [0.1, 0.15) is 11.6 Å². The second kappa shape index (κ2) is 7.48. The van der Waals surface area contributed by atoms with E-state index in [4.69, 9.17) is 0 Å². The molecule has 5 nitrogen and oxygen atoms in total. The van der Waals surface area contributed by atoms with Crippen LogP contribution < -0.4 is 10.6 Å². The molecule has 0 spiro atoms. The summed E-state index contributed by atoms with van der Waals surface area (Å²) in [4.78, 5) is 12.0. The lowest BCUT2D eigenvalue weighted by atomic mass is 10.2. The molecule has 25 heavy (non-hydrogen) atoms. The number of aromatic nitrogens is 2. The highest BCUT2D eigenvalue weighted by molar-refractivity contribution is 5.92. The number of anilines is 2. The van der Waals surface area contributed by atoms with Crippen molar-refractivity contribution in [2.75, 3.05) is 5.32 Å².